The Morgan fingerprint density at radius 3 is 2.60 bits per heavy atom. The Balaban J connectivity index is 1.52. The van der Waals surface area contributed by atoms with Crippen molar-refractivity contribution < 1.29 is 14.3 Å². The maximum absolute atomic E-state index is 11.9. The van der Waals surface area contributed by atoms with Gasteiger partial charge >= 0.3 is 6.03 Å². The topological polar surface area (TPSA) is 59.6 Å². The first-order valence-electron chi connectivity index (χ1n) is 7.24. The Kier molecular flexibility index (Phi) is 2.55. The zero-order valence-electron chi connectivity index (χ0n) is 11.3. The molecule has 3 aliphatic rings. The van der Waals surface area contributed by atoms with Gasteiger partial charge in [-0.25, -0.2) is 4.79 Å². The highest BCUT2D eigenvalue weighted by molar-refractivity contribution is 5.76. The van der Waals surface area contributed by atoms with E-state index in [1.54, 1.807) is 0 Å². The number of carbonyl (C=O) groups excluding carboxylic acids is 1. The van der Waals surface area contributed by atoms with Crippen LogP contribution in [0.1, 0.15) is 31.2 Å². The number of rotatable bonds is 3. The van der Waals surface area contributed by atoms with Crippen LogP contribution in [0.2, 0.25) is 0 Å². The van der Waals surface area contributed by atoms with Crippen LogP contribution in [0.5, 0.6) is 11.5 Å². The average Bonchev–Trinajstić information content (AvgIpc) is 3.36. The molecular weight excluding hydrogens is 256 g/mol. The number of hydrogen-bond acceptors (Lipinski definition) is 3. The quantitative estimate of drug-likeness (QED) is 0.885. The van der Waals surface area contributed by atoms with Gasteiger partial charge in [-0.2, -0.15) is 0 Å². The summed E-state index contributed by atoms with van der Waals surface area (Å²) in [6.07, 6.45) is 4.16. The second-order valence-electron chi connectivity index (χ2n) is 5.81. The molecule has 0 bridgehead atoms. The van der Waals surface area contributed by atoms with Crippen LogP contribution in [0.15, 0.2) is 18.2 Å². The molecule has 2 amide bonds. The molecule has 2 fully saturated rings. The van der Waals surface area contributed by atoms with Crippen LogP contribution in [0.4, 0.5) is 4.79 Å². The Hall–Kier alpha value is -1.91. The lowest BCUT2D eigenvalue weighted by molar-refractivity contribution is 0.171. The van der Waals surface area contributed by atoms with Crippen molar-refractivity contribution in [1.29, 1.82) is 0 Å². The van der Waals surface area contributed by atoms with E-state index in [0.717, 1.165) is 42.7 Å². The van der Waals surface area contributed by atoms with Crippen LogP contribution in [-0.2, 0) is 5.54 Å². The van der Waals surface area contributed by atoms with Gasteiger partial charge in [-0.1, -0.05) is 6.07 Å². The average molecular weight is 274 g/mol. The van der Waals surface area contributed by atoms with E-state index >= 15 is 0 Å². The first kappa shape index (κ1) is 11.9. The van der Waals surface area contributed by atoms with E-state index in [2.05, 4.69) is 10.6 Å². The fraction of sp³-hybridized carbons (Fsp3) is 0.533. The monoisotopic (exact) mass is 274 g/mol. The van der Waals surface area contributed by atoms with Gasteiger partial charge in [0.2, 0.25) is 0 Å². The predicted octanol–water partition coefficient (Wildman–Crippen LogP) is 1.91. The maximum atomic E-state index is 11.9. The Morgan fingerprint density at radius 2 is 1.90 bits per heavy atom. The first-order valence-corrected chi connectivity index (χ1v) is 7.24. The minimum atomic E-state index is -0.213. The fourth-order valence-corrected chi connectivity index (χ4v) is 2.62. The normalized spacial score (nSPS) is 22.0. The summed E-state index contributed by atoms with van der Waals surface area (Å²) in [5.41, 5.74) is 0.891. The van der Waals surface area contributed by atoms with Crippen molar-refractivity contribution >= 4 is 6.03 Å². The van der Waals surface area contributed by atoms with E-state index in [-0.39, 0.29) is 11.6 Å². The Morgan fingerprint density at radius 1 is 1.15 bits per heavy atom. The number of amides is 2. The molecule has 2 saturated carbocycles. The number of fused-ring (bicyclic) bond motifs is 1. The predicted molar refractivity (Wildman–Crippen MR) is 73.0 cm³/mol. The van der Waals surface area contributed by atoms with Gasteiger partial charge in [0.25, 0.3) is 0 Å². The molecule has 0 unspecified atom stereocenters. The van der Waals surface area contributed by atoms with Gasteiger partial charge in [0.15, 0.2) is 11.5 Å². The highest BCUT2D eigenvalue weighted by atomic mass is 16.6. The molecule has 1 aromatic carbocycles. The van der Waals surface area contributed by atoms with E-state index in [4.69, 9.17) is 9.47 Å². The summed E-state index contributed by atoms with van der Waals surface area (Å²) in [5.74, 6) is 1.57. The second-order valence-corrected chi connectivity index (χ2v) is 5.81. The summed E-state index contributed by atoms with van der Waals surface area (Å²) in [5, 5.41) is 6.09. The molecule has 0 radical (unpaired) electrons. The van der Waals surface area contributed by atoms with E-state index in [1.807, 2.05) is 18.2 Å². The Bertz CT molecular complexity index is 550. The Labute approximate surface area is 117 Å². The molecule has 5 heteroatoms. The molecule has 5 nitrogen and oxygen atoms in total. The summed E-state index contributed by atoms with van der Waals surface area (Å²) in [6, 6.07) is 6.28. The number of hydrogen-bond donors (Lipinski definition) is 2. The van der Waals surface area contributed by atoms with Crippen LogP contribution < -0.4 is 20.1 Å². The lowest BCUT2D eigenvalue weighted by Gasteiger charge is -2.22. The molecule has 2 aliphatic carbocycles. The van der Waals surface area contributed by atoms with Gasteiger partial charge in [-0.3, -0.25) is 0 Å². The van der Waals surface area contributed by atoms with Crippen LogP contribution in [0.3, 0.4) is 0 Å². The van der Waals surface area contributed by atoms with Crippen molar-refractivity contribution in [2.24, 2.45) is 0 Å². The van der Waals surface area contributed by atoms with Crippen molar-refractivity contribution in [3.8, 4) is 11.5 Å². The molecule has 1 aliphatic heterocycles. The zero-order valence-corrected chi connectivity index (χ0v) is 11.3. The molecular formula is C15H18N2O3. The highest BCUT2D eigenvalue weighted by Gasteiger charge is 2.46. The second kappa shape index (κ2) is 4.30. The fourth-order valence-electron chi connectivity index (χ4n) is 2.62. The molecule has 1 heterocycles. The van der Waals surface area contributed by atoms with Crippen molar-refractivity contribution in [3.63, 3.8) is 0 Å². The van der Waals surface area contributed by atoms with Crippen LogP contribution >= 0.6 is 0 Å². The van der Waals surface area contributed by atoms with Crippen molar-refractivity contribution in [2.45, 2.75) is 37.3 Å². The van der Waals surface area contributed by atoms with Crippen molar-refractivity contribution in [2.75, 3.05) is 13.2 Å². The maximum Gasteiger partial charge on any atom is 0.315 e. The van der Waals surface area contributed by atoms with E-state index in [1.165, 1.54) is 0 Å². The molecule has 0 aromatic heterocycles. The summed E-state index contributed by atoms with van der Waals surface area (Å²) in [7, 11) is 0. The third-order valence-corrected chi connectivity index (χ3v) is 4.11. The number of urea groups is 1. The number of nitrogens with one attached hydrogen (secondary N) is 2. The molecule has 0 spiro atoms. The SMILES string of the molecule is O=C(NC1CC1)NC1(c2ccc3c(c2)OCCO3)CC1. The van der Waals surface area contributed by atoms with Crippen molar-refractivity contribution in [1.82, 2.24) is 10.6 Å². The van der Waals surface area contributed by atoms with Gasteiger partial charge in [-0.15, -0.1) is 0 Å². The molecule has 0 atom stereocenters. The minimum Gasteiger partial charge on any atom is -0.486 e. The van der Waals surface area contributed by atoms with Gasteiger partial charge in [0, 0.05) is 6.04 Å². The third kappa shape index (κ3) is 2.17. The van der Waals surface area contributed by atoms with Gasteiger partial charge < -0.3 is 20.1 Å². The number of carbonyl (C=O) groups is 1. The highest BCUT2D eigenvalue weighted by Crippen LogP contribution is 2.47. The summed E-state index contributed by atoms with van der Waals surface area (Å²) < 4.78 is 11.1. The van der Waals surface area contributed by atoms with Crippen LogP contribution in [-0.4, -0.2) is 25.3 Å². The number of ether oxygens (including phenoxy) is 2. The molecule has 106 valence electrons. The molecule has 1 aromatic rings. The summed E-state index contributed by atoms with van der Waals surface area (Å²) in [4.78, 5) is 11.9. The summed E-state index contributed by atoms with van der Waals surface area (Å²) >= 11 is 0. The standard InChI is InChI=1S/C15H18N2O3/c18-14(16-11-2-3-11)17-15(5-6-15)10-1-4-12-13(9-10)20-8-7-19-12/h1,4,9,11H,2-3,5-8H2,(H2,16,17,18). The summed E-state index contributed by atoms with van der Waals surface area (Å²) in [6.45, 7) is 1.18. The van der Waals surface area contributed by atoms with E-state index in [9.17, 15) is 4.79 Å². The molecule has 4 rings (SSSR count). The third-order valence-electron chi connectivity index (χ3n) is 4.11. The van der Waals surface area contributed by atoms with Crippen LogP contribution in [0.25, 0.3) is 0 Å². The van der Waals surface area contributed by atoms with Crippen LogP contribution in [0, 0.1) is 0 Å². The number of benzene rings is 1. The minimum absolute atomic E-state index is 0.0557. The van der Waals surface area contributed by atoms with E-state index in [0.29, 0.717) is 19.3 Å². The zero-order chi connectivity index (χ0) is 13.6. The lowest BCUT2D eigenvalue weighted by atomic mass is 10.0. The smallest absolute Gasteiger partial charge is 0.315 e. The largest absolute Gasteiger partial charge is 0.486 e. The van der Waals surface area contributed by atoms with Gasteiger partial charge in [0.05, 0.1) is 5.54 Å². The van der Waals surface area contributed by atoms with Crippen molar-refractivity contribution in [3.05, 3.63) is 23.8 Å². The first-order chi connectivity index (χ1) is 9.75. The van der Waals surface area contributed by atoms with E-state index < -0.39 is 0 Å². The molecule has 20 heavy (non-hydrogen) atoms. The molecule has 2 N–H and O–H groups in total. The van der Waals surface area contributed by atoms with Gasteiger partial charge in [-0.05, 0) is 43.4 Å². The molecule has 0 saturated heterocycles. The van der Waals surface area contributed by atoms with Gasteiger partial charge in [0.1, 0.15) is 13.2 Å². The lowest BCUT2D eigenvalue weighted by Crippen LogP contribution is -2.43.